The van der Waals surface area contributed by atoms with Crippen LogP contribution in [0.4, 0.5) is 0 Å². The van der Waals surface area contributed by atoms with Gasteiger partial charge in [-0.1, -0.05) is 41.6 Å². The van der Waals surface area contributed by atoms with Crippen LogP contribution < -0.4 is 0 Å². The molecular formula is C23H20ClN5O2S2. The highest BCUT2D eigenvalue weighted by atomic mass is 35.5. The summed E-state index contributed by atoms with van der Waals surface area (Å²) >= 11 is 9.11. The topological polar surface area (TPSA) is 76.5 Å². The highest BCUT2D eigenvalue weighted by molar-refractivity contribution is 7.99. The van der Waals surface area contributed by atoms with Gasteiger partial charge < -0.3 is 8.98 Å². The SMILES string of the molecule is CCn1c(SCC(=O)N2N=C(c3cccs3)CC2c2ccco2)nnc1-c1cccc(Cl)c1. The molecule has 1 unspecified atom stereocenters. The summed E-state index contributed by atoms with van der Waals surface area (Å²) in [5.41, 5.74) is 1.78. The average Bonchev–Trinajstić information content (AvgIpc) is 3.62. The van der Waals surface area contributed by atoms with Gasteiger partial charge in [-0.15, -0.1) is 21.5 Å². The van der Waals surface area contributed by atoms with E-state index in [2.05, 4.69) is 15.3 Å². The number of hydrogen-bond donors (Lipinski definition) is 0. The van der Waals surface area contributed by atoms with Crippen molar-refractivity contribution in [1.82, 2.24) is 19.8 Å². The molecule has 1 amide bonds. The number of carbonyl (C=O) groups excluding carboxylic acids is 1. The lowest BCUT2D eigenvalue weighted by molar-refractivity contribution is -0.130. The quantitative estimate of drug-likeness (QED) is 0.304. The van der Waals surface area contributed by atoms with Crippen molar-refractivity contribution in [2.24, 2.45) is 5.10 Å². The van der Waals surface area contributed by atoms with Gasteiger partial charge in [-0.25, -0.2) is 5.01 Å². The zero-order valence-corrected chi connectivity index (χ0v) is 20.1. The Labute approximate surface area is 204 Å². The van der Waals surface area contributed by atoms with Crippen LogP contribution >= 0.6 is 34.7 Å². The zero-order valence-electron chi connectivity index (χ0n) is 17.7. The number of benzene rings is 1. The van der Waals surface area contributed by atoms with E-state index in [1.165, 1.54) is 11.8 Å². The predicted octanol–water partition coefficient (Wildman–Crippen LogP) is 5.74. The number of furan rings is 1. The Kier molecular flexibility index (Phi) is 6.34. The Morgan fingerprint density at radius 3 is 2.88 bits per heavy atom. The molecule has 33 heavy (non-hydrogen) atoms. The molecule has 0 spiro atoms. The smallest absolute Gasteiger partial charge is 0.253 e. The lowest BCUT2D eigenvalue weighted by atomic mass is 10.1. The van der Waals surface area contributed by atoms with Gasteiger partial charge in [-0.05, 0) is 42.6 Å². The molecule has 0 bridgehead atoms. The van der Waals surface area contributed by atoms with E-state index in [1.54, 1.807) is 22.6 Å². The summed E-state index contributed by atoms with van der Waals surface area (Å²) in [5.74, 6) is 1.53. The van der Waals surface area contributed by atoms with E-state index in [0.717, 1.165) is 27.7 Å². The molecule has 1 aliphatic heterocycles. The molecule has 1 aromatic carbocycles. The number of thioether (sulfide) groups is 1. The van der Waals surface area contributed by atoms with E-state index in [9.17, 15) is 4.79 Å². The van der Waals surface area contributed by atoms with Gasteiger partial charge in [0.25, 0.3) is 5.91 Å². The molecule has 168 valence electrons. The largest absolute Gasteiger partial charge is 0.467 e. The maximum Gasteiger partial charge on any atom is 0.253 e. The minimum absolute atomic E-state index is 0.108. The van der Waals surface area contributed by atoms with Gasteiger partial charge in [0.2, 0.25) is 0 Å². The number of aromatic nitrogens is 3. The van der Waals surface area contributed by atoms with Crippen molar-refractivity contribution in [3.8, 4) is 11.4 Å². The Hall–Kier alpha value is -2.88. The summed E-state index contributed by atoms with van der Waals surface area (Å²) in [6.45, 7) is 2.69. The molecule has 0 aliphatic carbocycles. The standard InChI is InChI=1S/C23H20ClN5O2S2/c1-2-28-22(15-6-3-7-16(24)12-15)25-26-23(28)33-14-21(30)29-18(19-8-4-10-31-19)13-17(27-29)20-9-5-11-32-20/h3-12,18H,2,13-14H2,1H3. The summed E-state index contributed by atoms with van der Waals surface area (Å²) in [7, 11) is 0. The second-order valence-electron chi connectivity index (χ2n) is 7.35. The fraction of sp³-hybridized carbons (Fsp3) is 0.217. The lowest BCUT2D eigenvalue weighted by Gasteiger charge is -2.19. The van der Waals surface area contributed by atoms with Gasteiger partial charge in [0.1, 0.15) is 11.8 Å². The van der Waals surface area contributed by atoms with Crippen LogP contribution in [0.25, 0.3) is 11.4 Å². The third-order valence-electron chi connectivity index (χ3n) is 5.28. The van der Waals surface area contributed by atoms with Gasteiger partial charge in [-0.2, -0.15) is 5.10 Å². The van der Waals surface area contributed by atoms with Gasteiger partial charge in [0.15, 0.2) is 11.0 Å². The Balaban J connectivity index is 1.35. The predicted molar refractivity (Wildman–Crippen MR) is 131 cm³/mol. The first-order valence-corrected chi connectivity index (χ1v) is 12.7. The van der Waals surface area contributed by atoms with Crippen LogP contribution in [0.15, 0.2) is 74.8 Å². The third-order valence-corrected chi connectivity index (χ3v) is 7.39. The lowest BCUT2D eigenvalue weighted by Crippen LogP contribution is -2.28. The summed E-state index contributed by atoms with van der Waals surface area (Å²) < 4.78 is 7.60. The number of hydrogen-bond acceptors (Lipinski definition) is 7. The molecule has 0 N–H and O–H groups in total. The van der Waals surface area contributed by atoms with Crippen LogP contribution in [0.5, 0.6) is 0 Å². The molecule has 10 heteroatoms. The van der Waals surface area contributed by atoms with Crippen LogP contribution in [-0.2, 0) is 11.3 Å². The first-order valence-electron chi connectivity index (χ1n) is 10.4. The number of hydrazone groups is 1. The van der Waals surface area contributed by atoms with Gasteiger partial charge in [0.05, 0.1) is 22.6 Å². The highest BCUT2D eigenvalue weighted by Crippen LogP contribution is 2.35. The molecule has 0 saturated heterocycles. The molecule has 5 rings (SSSR count). The van der Waals surface area contributed by atoms with Crippen molar-refractivity contribution in [3.05, 3.63) is 75.8 Å². The fourth-order valence-corrected chi connectivity index (χ4v) is 5.51. The second kappa shape index (κ2) is 9.54. The minimum Gasteiger partial charge on any atom is -0.467 e. The normalized spacial score (nSPS) is 15.8. The van der Waals surface area contributed by atoms with Gasteiger partial charge in [-0.3, -0.25) is 4.79 Å². The summed E-state index contributed by atoms with van der Waals surface area (Å²) in [5, 5.41) is 18.2. The molecule has 7 nitrogen and oxygen atoms in total. The minimum atomic E-state index is -0.253. The number of halogens is 1. The van der Waals surface area contributed by atoms with E-state index in [-0.39, 0.29) is 17.7 Å². The first-order chi connectivity index (χ1) is 16.1. The second-order valence-corrected chi connectivity index (χ2v) is 9.67. The fourth-order valence-electron chi connectivity index (χ4n) is 3.75. The number of amides is 1. The zero-order chi connectivity index (χ0) is 22.8. The number of carbonyl (C=O) groups is 1. The van der Waals surface area contributed by atoms with E-state index in [4.69, 9.17) is 16.0 Å². The van der Waals surface area contributed by atoms with Crippen LogP contribution in [0, 0.1) is 0 Å². The van der Waals surface area contributed by atoms with Gasteiger partial charge in [0, 0.05) is 23.6 Å². The van der Waals surface area contributed by atoms with Gasteiger partial charge >= 0.3 is 0 Å². The monoisotopic (exact) mass is 497 g/mol. The molecule has 0 radical (unpaired) electrons. The molecule has 0 fully saturated rings. The number of thiophene rings is 1. The molecule has 3 aromatic heterocycles. The van der Waals surface area contributed by atoms with Crippen LogP contribution in [0.3, 0.4) is 0 Å². The summed E-state index contributed by atoms with van der Waals surface area (Å²) in [6.07, 6.45) is 2.24. The molecular weight excluding hydrogens is 478 g/mol. The molecule has 0 saturated carbocycles. The van der Waals surface area contributed by atoms with Crippen LogP contribution in [0.1, 0.15) is 30.0 Å². The summed E-state index contributed by atoms with van der Waals surface area (Å²) in [6, 6.07) is 15.0. The van der Waals surface area contributed by atoms with Crippen molar-refractivity contribution in [3.63, 3.8) is 0 Å². The Morgan fingerprint density at radius 1 is 1.24 bits per heavy atom. The summed E-state index contributed by atoms with van der Waals surface area (Å²) in [4.78, 5) is 14.3. The van der Waals surface area contributed by atoms with E-state index in [0.29, 0.717) is 23.1 Å². The Morgan fingerprint density at radius 2 is 2.15 bits per heavy atom. The van der Waals surface area contributed by atoms with Crippen LogP contribution in [0.2, 0.25) is 5.02 Å². The van der Waals surface area contributed by atoms with Crippen molar-refractivity contribution >= 4 is 46.3 Å². The van der Waals surface area contributed by atoms with E-state index >= 15 is 0 Å². The molecule has 1 atom stereocenters. The number of rotatable bonds is 7. The average molecular weight is 498 g/mol. The van der Waals surface area contributed by atoms with E-state index < -0.39 is 0 Å². The van der Waals surface area contributed by atoms with Crippen molar-refractivity contribution in [2.45, 2.75) is 31.1 Å². The van der Waals surface area contributed by atoms with Crippen LogP contribution in [-0.4, -0.2) is 37.1 Å². The first kappa shape index (κ1) is 21.9. The third kappa shape index (κ3) is 4.48. The van der Waals surface area contributed by atoms with E-state index in [1.807, 2.05) is 65.4 Å². The van der Waals surface area contributed by atoms with Crippen molar-refractivity contribution < 1.29 is 9.21 Å². The highest BCUT2D eigenvalue weighted by Gasteiger charge is 2.35. The maximum atomic E-state index is 13.2. The van der Waals surface area contributed by atoms with Crippen molar-refractivity contribution in [2.75, 3.05) is 5.75 Å². The number of nitrogens with zero attached hydrogens (tertiary/aromatic N) is 5. The maximum absolute atomic E-state index is 13.2. The Bertz CT molecular complexity index is 1280. The molecule has 1 aliphatic rings. The molecule has 4 heterocycles. The van der Waals surface area contributed by atoms with Crippen molar-refractivity contribution in [1.29, 1.82) is 0 Å². The molecule has 4 aromatic rings.